The van der Waals surface area contributed by atoms with Crippen LogP contribution >= 0.6 is 0 Å². The summed E-state index contributed by atoms with van der Waals surface area (Å²) >= 11 is 0. The summed E-state index contributed by atoms with van der Waals surface area (Å²) < 4.78 is 5.37. The third kappa shape index (κ3) is 1.91. The first-order valence-electron chi connectivity index (χ1n) is 6.81. The predicted octanol–water partition coefficient (Wildman–Crippen LogP) is 1.96. The molecule has 1 fully saturated rings. The van der Waals surface area contributed by atoms with Crippen LogP contribution in [0.4, 0.5) is 0 Å². The Morgan fingerprint density at radius 1 is 1.33 bits per heavy atom. The highest BCUT2D eigenvalue weighted by Crippen LogP contribution is 2.44. The van der Waals surface area contributed by atoms with Crippen molar-refractivity contribution in [3.8, 4) is 5.75 Å². The van der Waals surface area contributed by atoms with Crippen molar-refractivity contribution in [3.05, 3.63) is 29.3 Å². The molecule has 0 spiro atoms. The van der Waals surface area contributed by atoms with Crippen molar-refractivity contribution in [2.75, 3.05) is 20.7 Å². The second-order valence-electron chi connectivity index (χ2n) is 5.73. The topological polar surface area (TPSA) is 38.5 Å². The zero-order valence-electron chi connectivity index (χ0n) is 11.2. The summed E-state index contributed by atoms with van der Waals surface area (Å²) in [5, 5.41) is 0. The maximum Gasteiger partial charge on any atom is 0.119 e. The normalized spacial score (nSPS) is 31.6. The summed E-state index contributed by atoms with van der Waals surface area (Å²) in [5.74, 6) is 1.69. The molecule has 1 unspecified atom stereocenters. The number of ether oxygens (including phenoxy) is 1. The molecule has 0 saturated heterocycles. The lowest BCUT2D eigenvalue weighted by Gasteiger charge is -2.45. The summed E-state index contributed by atoms with van der Waals surface area (Å²) in [6.45, 7) is 1.15. The minimum atomic E-state index is 0.416. The maximum atomic E-state index is 5.95. The van der Waals surface area contributed by atoms with Gasteiger partial charge in [0.25, 0.3) is 0 Å². The smallest absolute Gasteiger partial charge is 0.119 e. The fraction of sp³-hybridized carbons (Fsp3) is 0.600. The number of likely N-dealkylation sites (N-methyl/N-ethyl adjacent to an activating group) is 1. The van der Waals surface area contributed by atoms with Crippen LogP contribution in [0, 0.1) is 5.92 Å². The van der Waals surface area contributed by atoms with E-state index in [1.807, 2.05) is 0 Å². The van der Waals surface area contributed by atoms with Gasteiger partial charge in [0.05, 0.1) is 7.11 Å². The second-order valence-corrected chi connectivity index (χ2v) is 5.73. The number of methoxy groups -OCH3 is 1. The van der Waals surface area contributed by atoms with Gasteiger partial charge in [0.15, 0.2) is 0 Å². The van der Waals surface area contributed by atoms with Crippen molar-refractivity contribution in [2.45, 2.75) is 31.3 Å². The largest absolute Gasteiger partial charge is 0.497 e. The lowest BCUT2D eigenvalue weighted by Crippen LogP contribution is -2.46. The molecule has 1 aromatic carbocycles. The van der Waals surface area contributed by atoms with Gasteiger partial charge in [-0.2, -0.15) is 0 Å². The van der Waals surface area contributed by atoms with E-state index < -0.39 is 0 Å². The van der Waals surface area contributed by atoms with Crippen molar-refractivity contribution in [2.24, 2.45) is 11.7 Å². The molecule has 18 heavy (non-hydrogen) atoms. The molecule has 0 amide bonds. The van der Waals surface area contributed by atoms with Crippen molar-refractivity contribution in [1.82, 2.24) is 4.90 Å². The van der Waals surface area contributed by atoms with Crippen molar-refractivity contribution in [3.63, 3.8) is 0 Å². The van der Waals surface area contributed by atoms with Crippen LogP contribution in [0.1, 0.15) is 30.0 Å². The summed E-state index contributed by atoms with van der Waals surface area (Å²) in [4.78, 5) is 2.48. The second kappa shape index (κ2) is 4.56. The van der Waals surface area contributed by atoms with Gasteiger partial charge in [0.1, 0.15) is 5.75 Å². The average molecular weight is 246 g/mol. The van der Waals surface area contributed by atoms with Crippen LogP contribution in [0.5, 0.6) is 5.75 Å². The fourth-order valence-corrected chi connectivity index (χ4v) is 3.46. The molecule has 3 heteroatoms. The van der Waals surface area contributed by atoms with Crippen molar-refractivity contribution < 1.29 is 4.74 Å². The van der Waals surface area contributed by atoms with E-state index in [1.54, 1.807) is 7.11 Å². The predicted molar refractivity (Wildman–Crippen MR) is 72.8 cm³/mol. The third-order valence-electron chi connectivity index (χ3n) is 4.54. The van der Waals surface area contributed by atoms with E-state index in [0.717, 1.165) is 37.5 Å². The van der Waals surface area contributed by atoms with Gasteiger partial charge in [-0.05, 0) is 55.5 Å². The molecule has 3 rings (SSSR count). The summed E-state index contributed by atoms with van der Waals surface area (Å²) in [5.41, 5.74) is 8.90. The van der Waals surface area contributed by atoms with E-state index in [9.17, 15) is 0 Å². The minimum absolute atomic E-state index is 0.416. The molecular formula is C15H22N2O. The molecule has 3 nitrogen and oxygen atoms in total. The molecule has 0 aromatic heterocycles. The van der Waals surface area contributed by atoms with E-state index >= 15 is 0 Å². The lowest BCUT2D eigenvalue weighted by atomic mass is 9.71. The Hall–Kier alpha value is -1.06. The van der Waals surface area contributed by atoms with E-state index in [4.69, 9.17) is 10.5 Å². The molecule has 98 valence electrons. The Morgan fingerprint density at radius 3 is 2.78 bits per heavy atom. The third-order valence-corrected chi connectivity index (χ3v) is 4.54. The van der Waals surface area contributed by atoms with Crippen LogP contribution in [0.3, 0.4) is 0 Å². The number of rotatable bonds is 2. The van der Waals surface area contributed by atoms with E-state index in [2.05, 4.69) is 30.1 Å². The Bertz CT molecular complexity index is 440. The van der Waals surface area contributed by atoms with Crippen LogP contribution in [0.25, 0.3) is 0 Å². The maximum absolute atomic E-state index is 5.95. The van der Waals surface area contributed by atoms with Gasteiger partial charge in [-0.1, -0.05) is 6.07 Å². The van der Waals surface area contributed by atoms with Gasteiger partial charge in [-0.15, -0.1) is 0 Å². The molecule has 1 heterocycles. The van der Waals surface area contributed by atoms with Crippen LogP contribution in [-0.4, -0.2) is 31.6 Å². The van der Waals surface area contributed by atoms with Crippen LogP contribution < -0.4 is 10.5 Å². The molecule has 1 atom stereocenters. The highest BCUT2D eigenvalue weighted by Gasteiger charge is 2.38. The number of benzene rings is 1. The first-order chi connectivity index (χ1) is 8.69. The standard InChI is InChI=1S/C15H22N2O/c1-17-6-5-10-3-4-13(18-2)9-14(10)15(17)11-7-12(16)8-11/h3-4,9,11-12,15H,5-8,16H2,1-2H3. The number of nitrogens with two attached hydrogens (primary N) is 1. The van der Waals surface area contributed by atoms with Gasteiger partial charge in [-0.3, -0.25) is 4.90 Å². The molecule has 0 bridgehead atoms. The zero-order chi connectivity index (χ0) is 12.7. The van der Waals surface area contributed by atoms with E-state index in [1.165, 1.54) is 11.1 Å². The van der Waals surface area contributed by atoms with Gasteiger partial charge >= 0.3 is 0 Å². The van der Waals surface area contributed by atoms with E-state index in [0.29, 0.717) is 12.1 Å². The molecule has 1 saturated carbocycles. The first kappa shape index (κ1) is 12.0. The highest BCUT2D eigenvalue weighted by atomic mass is 16.5. The van der Waals surface area contributed by atoms with Crippen molar-refractivity contribution in [1.29, 1.82) is 0 Å². The average Bonchev–Trinajstić information content (AvgIpc) is 2.35. The van der Waals surface area contributed by atoms with Gasteiger partial charge < -0.3 is 10.5 Å². The molecule has 2 aliphatic rings. The Morgan fingerprint density at radius 2 is 2.11 bits per heavy atom. The van der Waals surface area contributed by atoms with Crippen LogP contribution in [0.15, 0.2) is 18.2 Å². The zero-order valence-corrected chi connectivity index (χ0v) is 11.2. The molecule has 1 aliphatic carbocycles. The quantitative estimate of drug-likeness (QED) is 0.867. The Kier molecular flexibility index (Phi) is 3.04. The van der Waals surface area contributed by atoms with Gasteiger partial charge in [0, 0.05) is 18.6 Å². The number of hydrogen-bond acceptors (Lipinski definition) is 3. The van der Waals surface area contributed by atoms with E-state index in [-0.39, 0.29) is 0 Å². The number of fused-ring (bicyclic) bond motifs is 1. The van der Waals surface area contributed by atoms with Crippen LogP contribution in [0.2, 0.25) is 0 Å². The monoisotopic (exact) mass is 246 g/mol. The Balaban J connectivity index is 1.94. The molecule has 2 N–H and O–H groups in total. The van der Waals surface area contributed by atoms with Crippen molar-refractivity contribution >= 4 is 0 Å². The highest BCUT2D eigenvalue weighted by molar-refractivity contribution is 5.40. The lowest BCUT2D eigenvalue weighted by molar-refractivity contribution is 0.0955. The first-order valence-corrected chi connectivity index (χ1v) is 6.81. The van der Waals surface area contributed by atoms with Gasteiger partial charge in [-0.25, -0.2) is 0 Å². The minimum Gasteiger partial charge on any atom is -0.497 e. The molecule has 1 aromatic rings. The fourth-order valence-electron chi connectivity index (χ4n) is 3.46. The number of nitrogens with zero attached hydrogens (tertiary/aromatic N) is 1. The Labute approximate surface area is 109 Å². The molecule has 0 radical (unpaired) electrons. The molecular weight excluding hydrogens is 224 g/mol. The van der Waals surface area contributed by atoms with Crippen LogP contribution in [-0.2, 0) is 6.42 Å². The molecule has 1 aliphatic heterocycles. The SMILES string of the molecule is COc1ccc2c(c1)C(C1CC(N)C1)N(C)CC2. The summed E-state index contributed by atoms with van der Waals surface area (Å²) in [6, 6.07) is 7.48. The summed E-state index contributed by atoms with van der Waals surface area (Å²) in [6.07, 6.45) is 3.46. The van der Waals surface area contributed by atoms with Gasteiger partial charge in [0.2, 0.25) is 0 Å². The number of hydrogen-bond donors (Lipinski definition) is 1. The summed E-state index contributed by atoms with van der Waals surface area (Å²) in [7, 11) is 3.97.